The first-order valence-corrected chi connectivity index (χ1v) is 9.72. The van der Waals surface area contributed by atoms with Crippen LogP contribution in [0.25, 0.3) is 0 Å². The molecule has 27 heavy (non-hydrogen) atoms. The van der Waals surface area contributed by atoms with Crippen LogP contribution in [0.5, 0.6) is 5.75 Å². The van der Waals surface area contributed by atoms with E-state index in [9.17, 15) is 4.79 Å². The molecular weight excluding hydrogens is 342 g/mol. The standard InChI is InChI=1S/C20H29N5O2/c1-3-10-24-11-9-21-19(24)16-22-20(26)25-14-12-23(13-15-25)17-7-5-6-8-18(17)27-4-2/h5-9,11H,3-4,10,12-16H2,1-2H3,(H,22,26). The topological polar surface area (TPSA) is 62.6 Å². The quantitative estimate of drug-likeness (QED) is 0.813. The van der Waals surface area contributed by atoms with Crippen LogP contribution >= 0.6 is 0 Å². The molecule has 0 unspecified atom stereocenters. The molecular formula is C20H29N5O2. The molecule has 2 heterocycles. The molecule has 0 aliphatic carbocycles. The molecule has 7 heteroatoms. The third kappa shape index (κ3) is 4.72. The second kappa shape index (κ2) is 9.30. The summed E-state index contributed by atoms with van der Waals surface area (Å²) in [4.78, 5) is 21.0. The van der Waals surface area contributed by atoms with E-state index in [1.807, 2.05) is 36.2 Å². The lowest BCUT2D eigenvalue weighted by atomic mass is 10.2. The minimum Gasteiger partial charge on any atom is -0.492 e. The predicted molar refractivity (Wildman–Crippen MR) is 106 cm³/mol. The van der Waals surface area contributed by atoms with Crippen LogP contribution in [0, 0.1) is 0 Å². The lowest BCUT2D eigenvalue weighted by Gasteiger charge is -2.36. The first kappa shape index (κ1) is 19.1. The van der Waals surface area contributed by atoms with Crippen molar-refractivity contribution in [3.63, 3.8) is 0 Å². The lowest BCUT2D eigenvalue weighted by molar-refractivity contribution is 0.193. The number of aryl methyl sites for hydroxylation is 1. The zero-order chi connectivity index (χ0) is 19.1. The summed E-state index contributed by atoms with van der Waals surface area (Å²) in [5.41, 5.74) is 1.10. The number of carbonyl (C=O) groups is 1. The van der Waals surface area contributed by atoms with Crippen molar-refractivity contribution in [2.45, 2.75) is 33.4 Å². The summed E-state index contributed by atoms with van der Waals surface area (Å²) in [6.07, 6.45) is 4.79. The number of ether oxygens (including phenoxy) is 1. The Kier molecular flexibility index (Phi) is 6.57. The largest absolute Gasteiger partial charge is 0.492 e. The lowest BCUT2D eigenvalue weighted by Crippen LogP contribution is -2.51. The van der Waals surface area contributed by atoms with Gasteiger partial charge in [0.25, 0.3) is 0 Å². The zero-order valence-corrected chi connectivity index (χ0v) is 16.2. The van der Waals surface area contributed by atoms with Gasteiger partial charge in [-0.25, -0.2) is 9.78 Å². The van der Waals surface area contributed by atoms with E-state index >= 15 is 0 Å². The number of nitrogens with zero attached hydrogens (tertiary/aromatic N) is 4. The molecule has 1 fully saturated rings. The van der Waals surface area contributed by atoms with E-state index in [0.29, 0.717) is 26.2 Å². The maximum atomic E-state index is 12.5. The van der Waals surface area contributed by atoms with E-state index < -0.39 is 0 Å². The van der Waals surface area contributed by atoms with Crippen LogP contribution in [-0.2, 0) is 13.1 Å². The third-order valence-corrected chi connectivity index (χ3v) is 4.74. The smallest absolute Gasteiger partial charge is 0.317 e. The van der Waals surface area contributed by atoms with Crippen molar-refractivity contribution in [2.24, 2.45) is 0 Å². The van der Waals surface area contributed by atoms with Gasteiger partial charge in [-0.1, -0.05) is 19.1 Å². The number of piperazine rings is 1. The SMILES string of the molecule is CCCn1ccnc1CNC(=O)N1CCN(c2ccccc2OCC)CC1. The molecule has 3 rings (SSSR count). The highest BCUT2D eigenvalue weighted by Gasteiger charge is 2.23. The van der Waals surface area contributed by atoms with Gasteiger partial charge in [-0.05, 0) is 25.5 Å². The maximum absolute atomic E-state index is 12.5. The molecule has 2 aromatic rings. The Labute approximate surface area is 160 Å². The van der Waals surface area contributed by atoms with Crippen LogP contribution in [0.2, 0.25) is 0 Å². The summed E-state index contributed by atoms with van der Waals surface area (Å²) in [6.45, 7) is 9.11. The molecule has 1 N–H and O–H groups in total. The first-order chi connectivity index (χ1) is 13.2. The second-order valence-electron chi connectivity index (χ2n) is 6.57. The van der Waals surface area contributed by atoms with E-state index in [4.69, 9.17) is 4.74 Å². The first-order valence-electron chi connectivity index (χ1n) is 9.72. The van der Waals surface area contributed by atoms with Gasteiger partial charge in [-0.15, -0.1) is 0 Å². The van der Waals surface area contributed by atoms with Crippen molar-refractivity contribution in [1.29, 1.82) is 0 Å². The third-order valence-electron chi connectivity index (χ3n) is 4.74. The maximum Gasteiger partial charge on any atom is 0.317 e. The van der Waals surface area contributed by atoms with Gasteiger partial charge >= 0.3 is 6.03 Å². The van der Waals surface area contributed by atoms with Gasteiger partial charge in [-0.3, -0.25) is 0 Å². The van der Waals surface area contributed by atoms with Gasteiger partial charge < -0.3 is 24.4 Å². The van der Waals surface area contributed by atoms with Crippen molar-refractivity contribution in [2.75, 3.05) is 37.7 Å². The van der Waals surface area contributed by atoms with Crippen molar-refractivity contribution in [3.05, 3.63) is 42.5 Å². The fourth-order valence-corrected chi connectivity index (χ4v) is 3.36. The number of para-hydroxylation sites is 2. The Balaban J connectivity index is 1.51. The van der Waals surface area contributed by atoms with Crippen molar-refractivity contribution in [3.8, 4) is 5.75 Å². The van der Waals surface area contributed by atoms with E-state index in [1.54, 1.807) is 6.20 Å². The highest BCUT2D eigenvalue weighted by atomic mass is 16.5. The van der Waals surface area contributed by atoms with Crippen LogP contribution in [0.1, 0.15) is 26.1 Å². The van der Waals surface area contributed by atoms with Gasteiger partial charge in [0.1, 0.15) is 11.6 Å². The monoisotopic (exact) mass is 371 g/mol. The van der Waals surface area contributed by atoms with Crippen molar-refractivity contribution < 1.29 is 9.53 Å². The fraction of sp³-hybridized carbons (Fsp3) is 0.500. The molecule has 0 radical (unpaired) electrons. The molecule has 1 aliphatic rings. The summed E-state index contributed by atoms with van der Waals surface area (Å²) < 4.78 is 7.82. The number of imidazole rings is 1. The minimum absolute atomic E-state index is 0.0289. The number of urea groups is 1. The molecule has 1 aliphatic heterocycles. The van der Waals surface area contributed by atoms with Gasteiger partial charge in [0.05, 0.1) is 18.8 Å². The molecule has 0 bridgehead atoms. The van der Waals surface area contributed by atoms with E-state index in [2.05, 4.69) is 32.8 Å². The van der Waals surface area contributed by atoms with Crippen LogP contribution in [0.3, 0.4) is 0 Å². The highest BCUT2D eigenvalue weighted by molar-refractivity contribution is 5.74. The van der Waals surface area contributed by atoms with Gasteiger partial charge in [0.15, 0.2) is 0 Å². The molecule has 7 nitrogen and oxygen atoms in total. The molecule has 1 saturated heterocycles. The zero-order valence-electron chi connectivity index (χ0n) is 16.2. The normalized spacial score (nSPS) is 14.3. The van der Waals surface area contributed by atoms with Gasteiger partial charge in [-0.2, -0.15) is 0 Å². The summed E-state index contributed by atoms with van der Waals surface area (Å²) in [7, 11) is 0. The number of anilines is 1. The summed E-state index contributed by atoms with van der Waals surface area (Å²) in [6, 6.07) is 8.06. The number of carbonyl (C=O) groups excluding carboxylic acids is 1. The summed E-state index contributed by atoms with van der Waals surface area (Å²) in [5, 5.41) is 3.00. The Hall–Kier alpha value is -2.70. The van der Waals surface area contributed by atoms with Crippen molar-refractivity contribution >= 4 is 11.7 Å². The number of benzene rings is 1. The number of nitrogens with one attached hydrogen (secondary N) is 1. The van der Waals surface area contributed by atoms with E-state index in [1.165, 1.54) is 0 Å². The minimum atomic E-state index is -0.0289. The summed E-state index contributed by atoms with van der Waals surface area (Å²) >= 11 is 0. The van der Waals surface area contributed by atoms with Crippen LogP contribution in [0.4, 0.5) is 10.5 Å². The van der Waals surface area contributed by atoms with Gasteiger partial charge in [0.2, 0.25) is 0 Å². The Morgan fingerprint density at radius 3 is 2.70 bits per heavy atom. The number of hydrogen-bond acceptors (Lipinski definition) is 4. The molecule has 0 saturated carbocycles. The van der Waals surface area contributed by atoms with Crippen LogP contribution < -0.4 is 15.0 Å². The van der Waals surface area contributed by atoms with Crippen LogP contribution in [-0.4, -0.2) is 53.3 Å². The highest BCUT2D eigenvalue weighted by Crippen LogP contribution is 2.28. The number of hydrogen-bond donors (Lipinski definition) is 1. The Morgan fingerprint density at radius 1 is 1.19 bits per heavy atom. The summed E-state index contributed by atoms with van der Waals surface area (Å²) in [5.74, 6) is 1.80. The molecule has 146 valence electrons. The fourth-order valence-electron chi connectivity index (χ4n) is 3.36. The average Bonchev–Trinajstić information content (AvgIpc) is 3.14. The molecule has 0 spiro atoms. The predicted octanol–water partition coefficient (Wildman–Crippen LogP) is 2.72. The number of amides is 2. The number of aromatic nitrogens is 2. The van der Waals surface area contributed by atoms with Crippen LogP contribution in [0.15, 0.2) is 36.7 Å². The molecule has 1 aromatic heterocycles. The van der Waals surface area contributed by atoms with Crippen molar-refractivity contribution in [1.82, 2.24) is 19.8 Å². The Bertz CT molecular complexity index is 737. The Morgan fingerprint density at radius 2 is 1.96 bits per heavy atom. The van der Waals surface area contributed by atoms with E-state index in [0.717, 1.165) is 43.3 Å². The van der Waals surface area contributed by atoms with Gasteiger partial charge in [0, 0.05) is 45.1 Å². The average molecular weight is 371 g/mol. The molecule has 1 aromatic carbocycles. The second-order valence-corrected chi connectivity index (χ2v) is 6.57. The molecule has 0 atom stereocenters. The number of rotatable bonds is 7. The molecule has 2 amide bonds. The van der Waals surface area contributed by atoms with E-state index in [-0.39, 0.29) is 6.03 Å².